The van der Waals surface area contributed by atoms with E-state index in [1.54, 1.807) is 0 Å². The molecule has 1 heterocycles. The van der Waals surface area contributed by atoms with Gasteiger partial charge in [-0.25, -0.2) is 0 Å². The van der Waals surface area contributed by atoms with Crippen molar-refractivity contribution in [3.63, 3.8) is 0 Å². The van der Waals surface area contributed by atoms with Gasteiger partial charge in [0.2, 0.25) is 0 Å². The molecule has 0 aromatic heterocycles. The molecule has 0 amide bonds. The predicted octanol–water partition coefficient (Wildman–Crippen LogP) is 5.35. The van der Waals surface area contributed by atoms with Gasteiger partial charge in [0.1, 0.15) is 0 Å². The molecule has 20 heavy (non-hydrogen) atoms. The van der Waals surface area contributed by atoms with Crippen LogP contribution in [-0.4, -0.2) is 11.7 Å². The molecule has 1 nitrogen and oxygen atoms in total. The Morgan fingerprint density at radius 1 is 1.00 bits per heavy atom. The highest BCUT2D eigenvalue weighted by atomic mass is 16.5. The van der Waals surface area contributed by atoms with Crippen LogP contribution in [0.3, 0.4) is 0 Å². The summed E-state index contributed by atoms with van der Waals surface area (Å²) < 4.78 is 6.49. The lowest BCUT2D eigenvalue weighted by molar-refractivity contribution is -0.202. The van der Waals surface area contributed by atoms with Crippen molar-refractivity contribution in [3.8, 4) is 0 Å². The number of fused-ring (bicyclic) bond motifs is 3. The fourth-order valence-electron chi connectivity index (χ4n) is 5.94. The molecule has 0 spiro atoms. The predicted molar refractivity (Wildman–Crippen MR) is 84.7 cm³/mol. The summed E-state index contributed by atoms with van der Waals surface area (Å²) in [6.45, 7) is 13.8. The lowest BCUT2D eigenvalue weighted by Gasteiger charge is -2.61. The Hall–Kier alpha value is -0.300. The van der Waals surface area contributed by atoms with Gasteiger partial charge in [0.15, 0.2) is 0 Å². The first-order chi connectivity index (χ1) is 9.31. The maximum atomic E-state index is 6.49. The quantitative estimate of drug-likeness (QED) is 0.586. The minimum atomic E-state index is -0.0749. The number of rotatable bonds is 1. The summed E-state index contributed by atoms with van der Waals surface area (Å²) in [7, 11) is 0. The molecule has 0 bridgehead atoms. The zero-order valence-corrected chi connectivity index (χ0v) is 13.9. The fraction of sp³-hybridized carbons (Fsp3) is 0.895. The Bertz CT molecular complexity index is 399. The van der Waals surface area contributed by atoms with E-state index in [9.17, 15) is 0 Å². The van der Waals surface area contributed by atoms with Crippen molar-refractivity contribution >= 4 is 0 Å². The minimum Gasteiger partial charge on any atom is -0.368 e. The summed E-state index contributed by atoms with van der Waals surface area (Å²) in [5, 5.41) is 0. The minimum absolute atomic E-state index is 0.0749. The molecule has 0 N–H and O–H groups in total. The lowest BCUT2D eigenvalue weighted by atomic mass is 9.47. The van der Waals surface area contributed by atoms with E-state index < -0.39 is 0 Å². The van der Waals surface area contributed by atoms with Gasteiger partial charge in [0, 0.05) is 0 Å². The second kappa shape index (κ2) is 4.60. The van der Waals surface area contributed by atoms with Gasteiger partial charge < -0.3 is 4.74 Å². The average molecular weight is 276 g/mol. The summed E-state index contributed by atoms with van der Waals surface area (Å²) in [4.78, 5) is 0. The van der Waals surface area contributed by atoms with Gasteiger partial charge in [-0.3, -0.25) is 0 Å². The highest BCUT2D eigenvalue weighted by molar-refractivity contribution is 5.08. The lowest BCUT2D eigenvalue weighted by Crippen LogP contribution is -2.57. The summed E-state index contributed by atoms with van der Waals surface area (Å²) >= 11 is 0. The molecule has 0 aromatic carbocycles. The van der Waals surface area contributed by atoms with Crippen LogP contribution in [-0.2, 0) is 4.74 Å². The highest BCUT2D eigenvalue weighted by Crippen LogP contribution is 2.62. The second-order valence-electron chi connectivity index (χ2n) is 8.80. The van der Waals surface area contributed by atoms with Crippen LogP contribution in [0, 0.1) is 22.7 Å². The van der Waals surface area contributed by atoms with Crippen molar-refractivity contribution in [2.45, 2.75) is 84.3 Å². The van der Waals surface area contributed by atoms with Crippen LogP contribution in [0.5, 0.6) is 0 Å². The molecule has 1 saturated heterocycles. The molecule has 3 aliphatic rings. The Labute approximate surface area is 125 Å². The maximum absolute atomic E-state index is 6.49. The Balaban J connectivity index is 1.87. The van der Waals surface area contributed by atoms with Gasteiger partial charge in [-0.15, -0.1) is 6.58 Å². The van der Waals surface area contributed by atoms with E-state index in [4.69, 9.17) is 4.74 Å². The van der Waals surface area contributed by atoms with E-state index in [0.29, 0.717) is 16.9 Å². The Kier molecular flexibility index (Phi) is 3.36. The first-order valence-electron chi connectivity index (χ1n) is 8.62. The van der Waals surface area contributed by atoms with Crippen molar-refractivity contribution in [1.82, 2.24) is 0 Å². The molecule has 2 aliphatic carbocycles. The van der Waals surface area contributed by atoms with Crippen molar-refractivity contribution < 1.29 is 4.74 Å². The zero-order valence-electron chi connectivity index (χ0n) is 13.9. The normalized spacial score (nSPS) is 50.9. The van der Waals surface area contributed by atoms with Crippen molar-refractivity contribution in [2.24, 2.45) is 22.7 Å². The van der Waals surface area contributed by atoms with Crippen LogP contribution >= 0.6 is 0 Å². The largest absolute Gasteiger partial charge is 0.368 e. The third-order valence-corrected chi connectivity index (χ3v) is 7.12. The van der Waals surface area contributed by atoms with Crippen LogP contribution in [0.15, 0.2) is 12.7 Å². The zero-order chi connectivity index (χ0) is 14.6. The monoisotopic (exact) mass is 276 g/mol. The molecule has 1 heteroatoms. The van der Waals surface area contributed by atoms with Crippen molar-refractivity contribution in [3.05, 3.63) is 12.7 Å². The van der Waals surface area contributed by atoms with Gasteiger partial charge in [-0.05, 0) is 68.1 Å². The van der Waals surface area contributed by atoms with Crippen LogP contribution in [0.4, 0.5) is 0 Å². The fourth-order valence-corrected chi connectivity index (χ4v) is 5.94. The van der Waals surface area contributed by atoms with Crippen LogP contribution in [0.2, 0.25) is 0 Å². The SMILES string of the molecule is C=C[C@]1(C)CC[C@H]2[C@@H](CC[C@H]3C(C)(C)CCC[C@]23C)O1. The van der Waals surface area contributed by atoms with Gasteiger partial charge in [-0.1, -0.05) is 33.3 Å². The Morgan fingerprint density at radius 2 is 1.75 bits per heavy atom. The van der Waals surface area contributed by atoms with Crippen molar-refractivity contribution in [2.75, 3.05) is 0 Å². The molecule has 0 unspecified atom stereocenters. The third kappa shape index (κ3) is 2.08. The van der Waals surface area contributed by atoms with E-state index >= 15 is 0 Å². The molecule has 0 aromatic rings. The Morgan fingerprint density at radius 3 is 2.45 bits per heavy atom. The molecule has 1 aliphatic heterocycles. The van der Waals surface area contributed by atoms with E-state index in [2.05, 4.69) is 34.3 Å². The third-order valence-electron chi connectivity index (χ3n) is 7.12. The second-order valence-corrected chi connectivity index (χ2v) is 8.80. The molecule has 114 valence electrons. The molecule has 3 rings (SSSR count). The number of ether oxygens (including phenoxy) is 1. The van der Waals surface area contributed by atoms with Crippen LogP contribution in [0.1, 0.15) is 72.6 Å². The van der Waals surface area contributed by atoms with E-state index in [0.717, 1.165) is 18.3 Å². The standard InChI is InChI=1S/C19H32O/c1-6-18(4)13-10-14-15(20-18)8-9-16-17(2,3)11-7-12-19(14,16)5/h6,14-16H,1,7-13H2,2-5H3/t14-,15+,16-,18+,19+/m0/s1. The number of hydrogen-bond acceptors (Lipinski definition) is 1. The van der Waals surface area contributed by atoms with E-state index in [-0.39, 0.29) is 5.60 Å². The maximum Gasteiger partial charge on any atom is 0.0835 e. The smallest absolute Gasteiger partial charge is 0.0835 e. The first-order valence-corrected chi connectivity index (χ1v) is 8.62. The highest BCUT2D eigenvalue weighted by Gasteiger charge is 2.56. The van der Waals surface area contributed by atoms with Gasteiger partial charge in [0.05, 0.1) is 11.7 Å². The molecule has 3 fully saturated rings. The van der Waals surface area contributed by atoms with Gasteiger partial charge in [0.25, 0.3) is 0 Å². The first kappa shape index (κ1) is 14.6. The summed E-state index contributed by atoms with van der Waals surface area (Å²) in [5.74, 6) is 1.66. The topological polar surface area (TPSA) is 9.23 Å². The number of hydrogen-bond donors (Lipinski definition) is 0. The molecular weight excluding hydrogens is 244 g/mol. The van der Waals surface area contributed by atoms with Gasteiger partial charge in [-0.2, -0.15) is 0 Å². The molecular formula is C19H32O. The van der Waals surface area contributed by atoms with E-state index in [1.807, 2.05) is 6.08 Å². The van der Waals surface area contributed by atoms with Crippen molar-refractivity contribution in [1.29, 1.82) is 0 Å². The molecule has 5 atom stereocenters. The van der Waals surface area contributed by atoms with Gasteiger partial charge >= 0.3 is 0 Å². The molecule has 2 saturated carbocycles. The molecule has 0 radical (unpaired) electrons. The summed E-state index contributed by atoms with van der Waals surface area (Å²) in [6, 6.07) is 0. The summed E-state index contributed by atoms with van der Waals surface area (Å²) in [5.41, 5.74) is 0.957. The van der Waals surface area contributed by atoms with Crippen LogP contribution in [0.25, 0.3) is 0 Å². The summed E-state index contributed by atoms with van der Waals surface area (Å²) in [6.07, 6.45) is 11.8. The average Bonchev–Trinajstić information content (AvgIpc) is 2.37. The van der Waals surface area contributed by atoms with E-state index in [1.165, 1.54) is 38.5 Å². The van der Waals surface area contributed by atoms with Crippen LogP contribution < -0.4 is 0 Å².